The fourth-order valence-corrected chi connectivity index (χ4v) is 6.17. The predicted octanol–water partition coefficient (Wildman–Crippen LogP) is 3.41. The lowest BCUT2D eigenvalue weighted by atomic mass is 9.73. The summed E-state index contributed by atoms with van der Waals surface area (Å²) in [6.07, 6.45) is 7.61. The van der Waals surface area contributed by atoms with Crippen LogP contribution >= 0.6 is 11.3 Å². The first-order chi connectivity index (χ1) is 14.1. The number of nitrogens with one attached hydrogen (secondary N) is 1. The van der Waals surface area contributed by atoms with E-state index in [9.17, 15) is 4.79 Å². The number of aryl methyl sites for hydroxylation is 1. The molecule has 4 atom stereocenters. The molecule has 6 nitrogen and oxygen atoms in total. The first kappa shape index (κ1) is 22.2. The first-order valence-corrected chi connectivity index (χ1v) is 11.7. The third-order valence-corrected chi connectivity index (χ3v) is 7.89. The molecule has 4 heterocycles. The maximum Gasteiger partial charge on any atom is 0.290 e. The van der Waals surface area contributed by atoms with Gasteiger partial charge in [-0.1, -0.05) is 26.7 Å². The number of amides is 1. The van der Waals surface area contributed by atoms with Crippen LogP contribution in [0.3, 0.4) is 0 Å². The van der Waals surface area contributed by atoms with E-state index in [-0.39, 0.29) is 18.0 Å². The van der Waals surface area contributed by atoms with E-state index in [1.807, 2.05) is 6.07 Å². The maximum absolute atomic E-state index is 12.5. The molecule has 1 spiro atoms. The molecule has 7 heteroatoms. The summed E-state index contributed by atoms with van der Waals surface area (Å²) in [5, 5.41) is 10.1. The van der Waals surface area contributed by atoms with Gasteiger partial charge in [0.15, 0.2) is 0 Å². The second-order valence-corrected chi connectivity index (χ2v) is 9.58. The minimum absolute atomic E-state index is 0.0873. The number of unbranched alkanes of at least 4 members (excludes halogenated alkanes) is 2. The molecular weight excluding hydrogens is 388 g/mol. The molecule has 3 aliphatic heterocycles. The van der Waals surface area contributed by atoms with Crippen molar-refractivity contribution in [2.75, 3.05) is 26.2 Å². The molecule has 3 fully saturated rings. The lowest BCUT2D eigenvalue weighted by Crippen LogP contribution is -2.41. The molecule has 2 bridgehead atoms. The van der Waals surface area contributed by atoms with Crippen molar-refractivity contribution in [3.05, 3.63) is 21.9 Å². The van der Waals surface area contributed by atoms with Crippen molar-refractivity contribution in [2.45, 2.75) is 64.1 Å². The Morgan fingerprint density at radius 2 is 2.21 bits per heavy atom. The molecule has 1 aromatic rings. The Bertz CT molecular complexity index is 694. The summed E-state index contributed by atoms with van der Waals surface area (Å²) in [6, 6.07) is 4.03. The van der Waals surface area contributed by atoms with Gasteiger partial charge in [-0.05, 0) is 44.4 Å². The number of carbonyl (C=O) groups excluding carboxylic acids is 1. The first-order valence-electron chi connectivity index (χ1n) is 10.9. The minimum Gasteiger partial charge on any atom is -0.483 e. The van der Waals surface area contributed by atoms with E-state index in [0.717, 1.165) is 30.9 Å². The van der Waals surface area contributed by atoms with Gasteiger partial charge in [0.25, 0.3) is 12.4 Å². The van der Waals surface area contributed by atoms with Gasteiger partial charge in [0.1, 0.15) is 0 Å². The van der Waals surface area contributed by atoms with Crippen LogP contribution in [0.5, 0.6) is 0 Å². The predicted molar refractivity (Wildman–Crippen MR) is 115 cm³/mol. The van der Waals surface area contributed by atoms with Crippen LogP contribution in [0.25, 0.3) is 0 Å². The molecule has 0 aliphatic carbocycles. The molecule has 2 N–H and O–H groups in total. The van der Waals surface area contributed by atoms with Crippen LogP contribution < -0.4 is 5.32 Å². The molecular formula is C22H34N2O4S. The summed E-state index contributed by atoms with van der Waals surface area (Å²) in [7, 11) is 0. The van der Waals surface area contributed by atoms with Crippen molar-refractivity contribution in [3.8, 4) is 0 Å². The van der Waals surface area contributed by atoms with Gasteiger partial charge < -0.3 is 20.1 Å². The van der Waals surface area contributed by atoms with Crippen LogP contribution in [0.1, 0.15) is 60.5 Å². The lowest BCUT2D eigenvalue weighted by molar-refractivity contribution is -0.122. The highest BCUT2D eigenvalue weighted by atomic mass is 32.1. The van der Waals surface area contributed by atoms with Crippen LogP contribution in [-0.4, -0.2) is 60.3 Å². The zero-order chi connectivity index (χ0) is 20.9. The van der Waals surface area contributed by atoms with Gasteiger partial charge in [-0.15, -0.1) is 11.3 Å². The molecule has 0 radical (unpaired) electrons. The molecule has 162 valence electrons. The molecule has 1 amide bonds. The number of carbonyl (C=O) groups is 2. The summed E-state index contributed by atoms with van der Waals surface area (Å²) >= 11 is 1.62. The molecule has 0 aromatic carbocycles. The van der Waals surface area contributed by atoms with Crippen LogP contribution in [0, 0.1) is 11.8 Å². The molecule has 4 rings (SSSR count). The fraction of sp³-hybridized carbons (Fsp3) is 0.727. The van der Waals surface area contributed by atoms with E-state index < -0.39 is 0 Å². The quantitative estimate of drug-likeness (QED) is 0.496. The largest absolute Gasteiger partial charge is 0.483 e. The zero-order valence-corrected chi connectivity index (χ0v) is 18.4. The number of fused-ring (bicyclic) bond motifs is 1. The second kappa shape index (κ2) is 10.0. The normalized spacial score (nSPS) is 29.9. The third kappa shape index (κ3) is 4.84. The smallest absolute Gasteiger partial charge is 0.290 e. The molecule has 0 unspecified atom stereocenters. The highest BCUT2D eigenvalue weighted by Crippen LogP contribution is 2.54. The topological polar surface area (TPSA) is 78.9 Å². The van der Waals surface area contributed by atoms with E-state index in [1.54, 1.807) is 11.3 Å². The van der Waals surface area contributed by atoms with Gasteiger partial charge in [0.05, 0.1) is 16.6 Å². The molecule has 3 saturated heterocycles. The van der Waals surface area contributed by atoms with Crippen molar-refractivity contribution in [2.24, 2.45) is 11.8 Å². The number of ether oxygens (including phenoxy) is 1. The Balaban J connectivity index is 0.000000755. The van der Waals surface area contributed by atoms with Crippen molar-refractivity contribution < 1.29 is 19.4 Å². The standard InChI is InChI=1S/C21H32N2O2S.CH2O2/c1-3-5-6-11-23-13-17-16(18-9-10-21(17,14-23)25-18)12-22-20(24)19-8-7-15(4-2)26-19;2-1-3/h7-8,16-18H,3-6,9-14H2,1-2H3,(H,22,24);1H,(H,2,3)/t16-,17+,18+,21+;/m0./s1. The average molecular weight is 423 g/mol. The van der Waals surface area contributed by atoms with Crippen molar-refractivity contribution in [3.63, 3.8) is 0 Å². The average Bonchev–Trinajstić information content (AvgIpc) is 3.46. The van der Waals surface area contributed by atoms with Crippen LogP contribution in [0.15, 0.2) is 12.1 Å². The van der Waals surface area contributed by atoms with Gasteiger partial charge in [0, 0.05) is 36.3 Å². The Kier molecular flexibility index (Phi) is 7.71. The van der Waals surface area contributed by atoms with Crippen LogP contribution in [0.4, 0.5) is 0 Å². The van der Waals surface area contributed by atoms with E-state index in [4.69, 9.17) is 14.6 Å². The number of nitrogens with zero attached hydrogens (tertiary/aromatic N) is 1. The van der Waals surface area contributed by atoms with Gasteiger partial charge in [-0.3, -0.25) is 9.59 Å². The molecule has 3 aliphatic rings. The van der Waals surface area contributed by atoms with Crippen molar-refractivity contribution in [1.29, 1.82) is 0 Å². The highest BCUT2D eigenvalue weighted by molar-refractivity contribution is 7.14. The van der Waals surface area contributed by atoms with Crippen LogP contribution in [-0.2, 0) is 16.0 Å². The third-order valence-electron chi connectivity index (χ3n) is 6.66. The number of thiophene rings is 1. The van der Waals surface area contributed by atoms with Crippen molar-refractivity contribution in [1.82, 2.24) is 10.2 Å². The highest BCUT2D eigenvalue weighted by Gasteiger charge is 2.62. The second-order valence-electron chi connectivity index (χ2n) is 8.41. The van der Waals surface area contributed by atoms with Gasteiger partial charge in [-0.25, -0.2) is 0 Å². The fourth-order valence-electron chi connectivity index (χ4n) is 5.30. The van der Waals surface area contributed by atoms with Crippen LogP contribution in [0.2, 0.25) is 0 Å². The van der Waals surface area contributed by atoms with Crippen molar-refractivity contribution >= 4 is 23.7 Å². The molecule has 1 aromatic heterocycles. The Labute approximate surface area is 177 Å². The van der Waals surface area contributed by atoms with Gasteiger partial charge in [0.2, 0.25) is 0 Å². The van der Waals surface area contributed by atoms with E-state index >= 15 is 0 Å². The Hall–Kier alpha value is -1.44. The summed E-state index contributed by atoms with van der Waals surface area (Å²) < 4.78 is 6.50. The van der Waals surface area contributed by atoms with E-state index in [2.05, 4.69) is 30.1 Å². The van der Waals surface area contributed by atoms with Gasteiger partial charge >= 0.3 is 0 Å². The molecule has 0 saturated carbocycles. The summed E-state index contributed by atoms with van der Waals surface area (Å²) in [4.78, 5) is 25.6. The van der Waals surface area contributed by atoms with E-state index in [1.165, 1.54) is 43.5 Å². The number of hydrogen-bond acceptors (Lipinski definition) is 5. The summed E-state index contributed by atoms with van der Waals surface area (Å²) in [5.41, 5.74) is 0.0879. The minimum atomic E-state index is -0.250. The lowest BCUT2D eigenvalue weighted by Gasteiger charge is -2.29. The number of hydrogen-bond donors (Lipinski definition) is 2. The Morgan fingerprint density at radius 3 is 2.90 bits per heavy atom. The number of carboxylic acid groups (broad SMARTS) is 1. The Morgan fingerprint density at radius 1 is 1.41 bits per heavy atom. The SMILES string of the molecule is CCCCCN1C[C@@H]2[C@H](CNC(=O)c3ccc(CC)s3)[C@H]3CC[C@]2(C1)O3.O=CO. The van der Waals surface area contributed by atoms with E-state index in [0.29, 0.717) is 17.9 Å². The number of likely N-dealkylation sites (tertiary alicyclic amines) is 1. The summed E-state index contributed by atoms with van der Waals surface area (Å²) in [5.74, 6) is 1.16. The zero-order valence-electron chi connectivity index (χ0n) is 17.6. The monoisotopic (exact) mass is 422 g/mol. The van der Waals surface area contributed by atoms with Gasteiger partial charge in [-0.2, -0.15) is 0 Å². The summed E-state index contributed by atoms with van der Waals surface area (Å²) in [6.45, 7) is 8.36. The number of rotatable bonds is 8. The molecule has 29 heavy (non-hydrogen) atoms. The maximum atomic E-state index is 12.5.